The number of carbonyl (C=O) groups is 3. The lowest BCUT2D eigenvalue weighted by molar-refractivity contribution is -0.127. The Bertz CT molecular complexity index is 1170. The molecule has 38 heavy (non-hydrogen) atoms. The number of aromatic nitrogens is 2. The molecule has 2 aliphatic heterocycles. The third-order valence-electron chi connectivity index (χ3n) is 8.61. The van der Waals surface area contributed by atoms with Crippen LogP contribution in [0.15, 0.2) is 30.6 Å². The number of para-hydroxylation sites is 1. The molecule has 3 fully saturated rings. The predicted molar refractivity (Wildman–Crippen MR) is 146 cm³/mol. The standard InChI is InChI=1S/C28H37ClN6O3/c1-19-8-14-34(15-9-19)17-13-30-25(36)23-24(32-18-31-23)26(37)33-20-6-10-28(11-7-20)12-16-35(27(28)38)22-5-3-2-4-21(22)29/h2-5,18-20H,6-17H2,1H3,(H,30,36)(H,31,32)(H,33,37)/t20-,28-. The first-order valence-electron chi connectivity index (χ1n) is 13.8. The van der Waals surface area contributed by atoms with E-state index in [0.717, 1.165) is 37.7 Å². The number of piperidine rings is 1. The van der Waals surface area contributed by atoms with Crippen molar-refractivity contribution < 1.29 is 14.4 Å². The highest BCUT2D eigenvalue weighted by Gasteiger charge is 2.49. The van der Waals surface area contributed by atoms with E-state index in [1.54, 1.807) is 6.07 Å². The van der Waals surface area contributed by atoms with Gasteiger partial charge in [-0.05, 0) is 76.1 Å². The molecule has 5 rings (SSSR count). The summed E-state index contributed by atoms with van der Waals surface area (Å²) in [6.07, 6.45) is 7.38. The molecule has 0 atom stereocenters. The Hall–Kier alpha value is -2.91. The van der Waals surface area contributed by atoms with E-state index >= 15 is 0 Å². The smallest absolute Gasteiger partial charge is 0.272 e. The zero-order valence-corrected chi connectivity index (χ0v) is 22.7. The lowest BCUT2D eigenvalue weighted by Gasteiger charge is -2.36. The van der Waals surface area contributed by atoms with Gasteiger partial charge in [-0.2, -0.15) is 0 Å². The van der Waals surface area contributed by atoms with E-state index in [1.165, 1.54) is 19.2 Å². The van der Waals surface area contributed by atoms with Crippen LogP contribution in [0.25, 0.3) is 0 Å². The van der Waals surface area contributed by atoms with Gasteiger partial charge in [-0.3, -0.25) is 14.4 Å². The van der Waals surface area contributed by atoms with E-state index in [1.807, 2.05) is 23.1 Å². The number of likely N-dealkylation sites (tertiary alicyclic amines) is 1. The van der Waals surface area contributed by atoms with E-state index in [9.17, 15) is 14.4 Å². The summed E-state index contributed by atoms with van der Waals surface area (Å²) in [6, 6.07) is 7.39. The zero-order valence-electron chi connectivity index (χ0n) is 22.0. The van der Waals surface area contributed by atoms with Crippen molar-refractivity contribution in [3.8, 4) is 0 Å². The van der Waals surface area contributed by atoms with Crippen molar-refractivity contribution in [3.63, 3.8) is 0 Å². The quantitative estimate of drug-likeness (QED) is 0.497. The number of nitrogens with one attached hydrogen (secondary N) is 3. The number of rotatable bonds is 7. The van der Waals surface area contributed by atoms with Crippen molar-refractivity contribution in [3.05, 3.63) is 47.0 Å². The van der Waals surface area contributed by atoms with Gasteiger partial charge < -0.3 is 25.4 Å². The molecule has 1 aromatic heterocycles. The maximum absolute atomic E-state index is 13.4. The SMILES string of the molecule is CC1CCN(CCNC(=O)c2nc[nH]c2C(=O)N[C@H]2CC[C@@]3(CCN(c4ccccc4Cl)C3=O)CC2)CC1. The molecule has 0 unspecified atom stereocenters. The number of nitrogens with zero attached hydrogens (tertiary/aromatic N) is 3. The van der Waals surface area contributed by atoms with Crippen molar-refractivity contribution in [1.82, 2.24) is 25.5 Å². The van der Waals surface area contributed by atoms with Crippen molar-refractivity contribution in [1.29, 1.82) is 0 Å². The Labute approximate surface area is 228 Å². The molecule has 204 valence electrons. The largest absolute Gasteiger partial charge is 0.349 e. The van der Waals surface area contributed by atoms with E-state index in [2.05, 4.69) is 32.4 Å². The lowest BCUT2D eigenvalue weighted by Crippen LogP contribution is -2.44. The topological polar surface area (TPSA) is 110 Å². The van der Waals surface area contributed by atoms with Crippen molar-refractivity contribution in [2.45, 2.75) is 57.9 Å². The molecule has 3 aliphatic rings. The second kappa shape index (κ2) is 11.5. The number of benzene rings is 1. The molecule has 3 heterocycles. The second-order valence-electron chi connectivity index (χ2n) is 11.1. The van der Waals surface area contributed by atoms with Gasteiger partial charge in [0.05, 0.1) is 22.5 Å². The van der Waals surface area contributed by atoms with Gasteiger partial charge in [-0.25, -0.2) is 4.98 Å². The molecule has 3 N–H and O–H groups in total. The first kappa shape index (κ1) is 26.7. The van der Waals surface area contributed by atoms with Crippen LogP contribution in [0, 0.1) is 11.3 Å². The van der Waals surface area contributed by atoms with Crippen LogP contribution in [0.2, 0.25) is 5.02 Å². The fraction of sp³-hybridized carbons (Fsp3) is 0.571. The van der Waals surface area contributed by atoms with Gasteiger partial charge in [0.25, 0.3) is 11.8 Å². The molecule has 0 bridgehead atoms. The van der Waals surface area contributed by atoms with E-state index < -0.39 is 5.41 Å². The fourth-order valence-corrected chi connectivity index (χ4v) is 6.33. The van der Waals surface area contributed by atoms with Crippen molar-refractivity contribution >= 4 is 35.0 Å². The third-order valence-corrected chi connectivity index (χ3v) is 8.92. The monoisotopic (exact) mass is 540 g/mol. The van der Waals surface area contributed by atoms with Crippen molar-refractivity contribution in [2.24, 2.45) is 11.3 Å². The van der Waals surface area contributed by atoms with Gasteiger partial charge in [0.1, 0.15) is 5.69 Å². The Kier molecular flexibility index (Phi) is 8.04. The number of aromatic amines is 1. The van der Waals surface area contributed by atoms with Crippen LogP contribution in [0.3, 0.4) is 0 Å². The average molecular weight is 541 g/mol. The van der Waals surface area contributed by atoms with Crippen LogP contribution < -0.4 is 15.5 Å². The van der Waals surface area contributed by atoms with Crippen molar-refractivity contribution in [2.75, 3.05) is 37.6 Å². The number of amides is 3. The summed E-state index contributed by atoms with van der Waals surface area (Å²) in [5, 5.41) is 6.55. The second-order valence-corrected chi connectivity index (χ2v) is 11.5. The lowest BCUT2D eigenvalue weighted by atomic mass is 9.71. The van der Waals surface area contributed by atoms with E-state index in [0.29, 0.717) is 43.8 Å². The summed E-state index contributed by atoms with van der Waals surface area (Å²) >= 11 is 6.35. The van der Waals surface area contributed by atoms with Crippen LogP contribution in [0.5, 0.6) is 0 Å². The van der Waals surface area contributed by atoms with Crippen LogP contribution in [0.4, 0.5) is 5.69 Å². The zero-order chi connectivity index (χ0) is 26.7. The minimum absolute atomic E-state index is 0.0593. The van der Waals surface area contributed by atoms with Crippen LogP contribution >= 0.6 is 11.6 Å². The van der Waals surface area contributed by atoms with E-state index in [4.69, 9.17) is 11.6 Å². The normalized spacial score (nSPS) is 24.6. The number of halogens is 1. The first-order chi connectivity index (χ1) is 18.4. The molecule has 1 aromatic carbocycles. The Morgan fingerprint density at radius 2 is 1.82 bits per heavy atom. The summed E-state index contributed by atoms with van der Waals surface area (Å²) in [5.74, 6) is 0.207. The van der Waals surface area contributed by atoms with Gasteiger partial charge >= 0.3 is 0 Å². The Morgan fingerprint density at radius 3 is 2.55 bits per heavy atom. The summed E-state index contributed by atoms with van der Waals surface area (Å²) in [6.45, 7) is 6.35. The first-order valence-corrected chi connectivity index (χ1v) is 14.2. The van der Waals surface area contributed by atoms with Gasteiger partial charge in [0.15, 0.2) is 5.69 Å². The molecule has 0 radical (unpaired) electrons. The fourth-order valence-electron chi connectivity index (χ4n) is 6.09. The number of imidazole rings is 1. The number of hydrogen-bond acceptors (Lipinski definition) is 5. The van der Waals surface area contributed by atoms with Crippen LogP contribution in [-0.2, 0) is 4.79 Å². The Morgan fingerprint density at radius 1 is 1.08 bits per heavy atom. The molecule has 3 amide bonds. The predicted octanol–water partition coefficient (Wildman–Crippen LogP) is 3.62. The molecule has 2 saturated heterocycles. The molecule has 1 spiro atoms. The van der Waals surface area contributed by atoms with Crippen LogP contribution in [0.1, 0.15) is 72.8 Å². The van der Waals surface area contributed by atoms with Gasteiger partial charge in [0.2, 0.25) is 5.91 Å². The molecule has 2 aromatic rings. The minimum Gasteiger partial charge on any atom is -0.349 e. The third kappa shape index (κ3) is 5.59. The summed E-state index contributed by atoms with van der Waals surface area (Å²) in [7, 11) is 0. The van der Waals surface area contributed by atoms with E-state index in [-0.39, 0.29) is 35.2 Å². The maximum atomic E-state index is 13.4. The average Bonchev–Trinajstić information content (AvgIpc) is 3.53. The summed E-state index contributed by atoms with van der Waals surface area (Å²) in [4.78, 5) is 50.3. The highest BCUT2D eigenvalue weighted by Crippen LogP contribution is 2.47. The minimum atomic E-state index is -0.397. The highest BCUT2D eigenvalue weighted by atomic mass is 35.5. The number of hydrogen-bond donors (Lipinski definition) is 3. The molecular formula is C28H37ClN6O3. The number of anilines is 1. The maximum Gasteiger partial charge on any atom is 0.272 e. The molecule has 1 aliphatic carbocycles. The summed E-state index contributed by atoms with van der Waals surface area (Å²) in [5.41, 5.74) is 0.660. The van der Waals surface area contributed by atoms with Gasteiger partial charge in [-0.1, -0.05) is 30.7 Å². The molecule has 1 saturated carbocycles. The van der Waals surface area contributed by atoms with Gasteiger partial charge in [-0.15, -0.1) is 0 Å². The molecule has 9 nitrogen and oxygen atoms in total. The highest BCUT2D eigenvalue weighted by molar-refractivity contribution is 6.34. The number of H-pyrrole nitrogens is 1. The molecule has 10 heteroatoms. The molecular weight excluding hydrogens is 504 g/mol. The van der Waals surface area contributed by atoms with Crippen LogP contribution in [-0.4, -0.2) is 71.4 Å². The number of carbonyl (C=O) groups excluding carboxylic acids is 3. The Balaban J connectivity index is 1.11. The summed E-state index contributed by atoms with van der Waals surface area (Å²) < 4.78 is 0. The van der Waals surface area contributed by atoms with Gasteiger partial charge in [0, 0.05) is 25.7 Å².